The van der Waals surface area contributed by atoms with Crippen LogP contribution in [0.2, 0.25) is 0 Å². The van der Waals surface area contributed by atoms with Crippen molar-refractivity contribution in [2.24, 2.45) is 5.41 Å². The summed E-state index contributed by atoms with van der Waals surface area (Å²) < 4.78 is 1.29. The summed E-state index contributed by atoms with van der Waals surface area (Å²) in [5.74, 6) is 0. The molecule has 0 fully saturated rings. The summed E-state index contributed by atoms with van der Waals surface area (Å²) >= 11 is 0.365. The van der Waals surface area contributed by atoms with Gasteiger partial charge in [-0.25, -0.2) is 0 Å². The second kappa shape index (κ2) is 8.10. The molecule has 2 nitrogen and oxygen atoms in total. The fourth-order valence-electron chi connectivity index (χ4n) is 3.56. The van der Waals surface area contributed by atoms with Gasteiger partial charge >= 0.3 is 147 Å². The molecule has 0 aliphatic rings. The van der Waals surface area contributed by atoms with E-state index in [1.165, 1.54) is 26.7 Å². The molecule has 0 radical (unpaired) electrons. The predicted octanol–water partition coefficient (Wildman–Crippen LogP) is 6.43. The van der Waals surface area contributed by atoms with E-state index >= 15 is 0 Å². The quantitative estimate of drug-likeness (QED) is 0.338. The maximum absolute atomic E-state index is 4.41. The second-order valence-electron chi connectivity index (χ2n) is 8.72. The first kappa shape index (κ1) is 19.8. The van der Waals surface area contributed by atoms with E-state index in [0.717, 1.165) is 23.4 Å². The van der Waals surface area contributed by atoms with Crippen LogP contribution in [0.25, 0.3) is 32.4 Å². The number of nitrogens with zero attached hydrogens (tertiary/aromatic N) is 2. The van der Waals surface area contributed by atoms with Crippen LogP contribution in [-0.2, 0) is 6.42 Å². The summed E-state index contributed by atoms with van der Waals surface area (Å²) in [5, 5.41) is 8.81. The first-order valence-corrected chi connectivity index (χ1v) is 11.8. The topological polar surface area (TPSA) is 25.8 Å². The molecule has 0 amide bonds. The molecule has 4 rings (SSSR count). The Hall–Kier alpha value is -2.48. The molecule has 0 atom stereocenters. The van der Waals surface area contributed by atoms with Crippen molar-refractivity contribution in [2.75, 3.05) is 0 Å². The molecule has 2 aromatic heterocycles. The van der Waals surface area contributed by atoms with Gasteiger partial charge in [0.25, 0.3) is 0 Å². The molecule has 0 bridgehead atoms. The van der Waals surface area contributed by atoms with Crippen LogP contribution in [-0.4, -0.2) is 24.7 Å². The Balaban J connectivity index is 1.59. The molecule has 3 heteroatoms. The summed E-state index contributed by atoms with van der Waals surface area (Å²) in [6, 6.07) is 24.2. The van der Waals surface area contributed by atoms with E-state index in [1.54, 1.807) is 0 Å². The van der Waals surface area contributed by atoms with E-state index in [-0.39, 0.29) is 0 Å². The van der Waals surface area contributed by atoms with Crippen molar-refractivity contribution in [1.82, 2.24) is 10.2 Å². The number of aromatic nitrogens is 2. The zero-order valence-corrected chi connectivity index (χ0v) is 19.2. The van der Waals surface area contributed by atoms with Crippen molar-refractivity contribution >= 4 is 14.5 Å². The summed E-state index contributed by atoms with van der Waals surface area (Å²) in [4.78, 5) is 2.21. The van der Waals surface area contributed by atoms with Crippen molar-refractivity contribution in [3.63, 3.8) is 0 Å². The molecule has 29 heavy (non-hydrogen) atoms. The fourth-order valence-corrected chi connectivity index (χ4v) is 4.99. The first-order chi connectivity index (χ1) is 13.9. The maximum atomic E-state index is 4.41. The van der Waals surface area contributed by atoms with Gasteiger partial charge in [0.15, 0.2) is 0 Å². The SMILES string of the molecule is Cc1nnc(-c2ccc[se]2)cc1-c1ccc(-c2ccc(CC(C)(C)C)cc2)cc1. The van der Waals surface area contributed by atoms with Crippen LogP contribution in [0.4, 0.5) is 0 Å². The zero-order chi connectivity index (χ0) is 20.4. The van der Waals surface area contributed by atoms with Gasteiger partial charge in [-0.3, -0.25) is 0 Å². The minimum atomic E-state index is 0.310. The van der Waals surface area contributed by atoms with Gasteiger partial charge in [-0.05, 0) is 11.8 Å². The second-order valence-corrected chi connectivity index (χ2v) is 10.7. The van der Waals surface area contributed by atoms with Gasteiger partial charge in [-0.2, -0.15) is 0 Å². The first-order valence-electron chi connectivity index (χ1n) is 9.97. The molecule has 0 saturated carbocycles. The van der Waals surface area contributed by atoms with Crippen LogP contribution in [0.15, 0.2) is 71.7 Å². The molecule has 2 aromatic carbocycles. The Morgan fingerprint density at radius 2 is 1.41 bits per heavy atom. The third kappa shape index (κ3) is 4.75. The third-order valence-corrected chi connectivity index (χ3v) is 6.84. The number of hydrogen-bond donors (Lipinski definition) is 0. The molecule has 0 aliphatic carbocycles. The molecule has 0 saturated heterocycles. The van der Waals surface area contributed by atoms with Gasteiger partial charge in [0.05, 0.1) is 0 Å². The molecule has 2 heterocycles. The summed E-state index contributed by atoms with van der Waals surface area (Å²) in [6.45, 7) is 8.87. The normalized spacial score (nSPS) is 11.6. The van der Waals surface area contributed by atoms with Crippen molar-refractivity contribution in [3.05, 3.63) is 82.9 Å². The van der Waals surface area contributed by atoms with Gasteiger partial charge in [0, 0.05) is 0 Å². The van der Waals surface area contributed by atoms with Gasteiger partial charge in [0.2, 0.25) is 0 Å². The fraction of sp³-hybridized carbons (Fsp3) is 0.231. The zero-order valence-electron chi connectivity index (χ0n) is 17.4. The Morgan fingerprint density at radius 1 is 0.793 bits per heavy atom. The minimum absolute atomic E-state index is 0.310. The van der Waals surface area contributed by atoms with E-state index < -0.39 is 0 Å². The van der Waals surface area contributed by atoms with E-state index in [0.29, 0.717) is 19.9 Å². The summed E-state index contributed by atoms with van der Waals surface area (Å²) in [5.41, 5.74) is 8.50. The van der Waals surface area contributed by atoms with E-state index in [1.807, 2.05) is 6.92 Å². The van der Waals surface area contributed by atoms with Crippen molar-refractivity contribution < 1.29 is 0 Å². The summed E-state index contributed by atoms with van der Waals surface area (Å²) in [6.07, 6.45) is 1.09. The van der Waals surface area contributed by atoms with E-state index in [4.69, 9.17) is 0 Å². The number of benzene rings is 2. The molecule has 4 aromatic rings. The van der Waals surface area contributed by atoms with Crippen LogP contribution < -0.4 is 0 Å². The summed E-state index contributed by atoms with van der Waals surface area (Å²) in [7, 11) is 0. The van der Waals surface area contributed by atoms with Crippen molar-refractivity contribution in [1.29, 1.82) is 0 Å². The molecule has 0 N–H and O–H groups in total. The van der Waals surface area contributed by atoms with E-state index in [2.05, 4.69) is 103 Å². The van der Waals surface area contributed by atoms with Crippen LogP contribution in [0.1, 0.15) is 32.0 Å². The van der Waals surface area contributed by atoms with Crippen molar-refractivity contribution in [2.45, 2.75) is 34.1 Å². The van der Waals surface area contributed by atoms with Crippen LogP contribution in [0.5, 0.6) is 0 Å². The van der Waals surface area contributed by atoms with E-state index in [9.17, 15) is 0 Å². The number of aryl methyl sites for hydroxylation is 1. The van der Waals surface area contributed by atoms with Gasteiger partial charge in [-0.1, -0.05) is 20.8 Å². The van der Waals surface area contributed by atoms with Crippen molar-refractivity contribution in [3.8, 4) is 32.4 Å². The molecular weight excluding hydrogens is 419 g/mol. The van der Waals surface area contributed by atoms with Crippen LogP contribution in [0.3, 0.4) is 0 Å². The standard InChI is InChI=1S/C26H26N2Se/c1-18-23(16-24(28-27-18)25-6-5-15-29-25)22-13-11-21(12-14-22)20-9-7-19(8-10-20)17-26(2,3)4/h5-16H,17H2,1-4H3. The Bertz CT molecular complexity index is 1090. The molecule has 0 aliphatic heterocycles. The third-order valence-electron chi connectivity index (χ3n) is 4.97. The molecular formula is C26H26N2Se. The number of hydrogen-bond acceptors (Lipinski definition) is 2. The van der Waals surface area contributed by atoms with Gasteiger partial charge < -0.3 is 0 Å². The van der Waals surface area contributed by atoms with Gasteiger partial charge in [-0.15, -0.1) is 0 Å². The molecule has 0 spiro atoms. The van der Waals surface area contributed by atoms with Crippen LogP contribution in [0, 0.1) is 12.3 Å². The van der Waals surface area contributed by atoms with Gasteiger partial charge in [0.1, 0.15) is 0 Å². The average Bonchev–Trinajstić information content (AvgIpc) is 3.23. The Kier molecular flexibility index (Phi) is 5.54. The molecule has 0 unspecified atom stereocenters. The predicted molar refractivity (Wildman–Crippen MR) is 123 cm³/mol. The monoisotopic (exact) mass is 446 g/mol. The Labute approximate surface area is 179 Å². The number of rotatable bonds is 4. The molecule has 146 valence electrons. The average molecular weight is 445 g/mol. The Morgan fingerprint density at radius 3 is 2.00 bits per heavy atom. The van der Waals surface area contributed by atoms with Crippen LogP contribution >= 0.6 is 0 Å².